The first-order chi connectivity index (χ1) is 8.13. The predicted molar refractivity (Wildman–Crippen MR) is 67.5 cm³/mol. The quantitative estimate of drug-likeness (QED) is 0.881. The highest BCUT2D eigenvalue weighted by Gasteiger charge is 2.09. The lowest BCUT2D eigenvalue weighted by atomic mass is 10.2. The summed E-state index contributed by atoms with van der Waals surface area (Å²) in [5.41, 5.74) is 9.04. The molecule has 2 rings (SSSR count). The summed E-state index contributed by atoms with van der Waals surface area (Å²) < 4.78 is 7.24. The van der Waals surface area contributed by atoms with Crippen molar-refractivity contribution in [2.75, 3.05) is 7.11 Å². The van der Waals surface area contributed by atoms with E-state index in [1.807, 2.05) is 30.5 Å². The van der Waals surface area contributed by atoms with Crippen LogP contribution in [-0.4, -0.2) is 16.7 Å². The summed E-state index contributed by atoms with van der Waals surface area (Å²) in [4.78, 5) is 4.14. The van der Waals surface area contributed by atoms with Crippen molar-refractivity contribution in [1.82, 2.24) is 9.55 Å². The number of rotatable bonds is 3. The number of nitrogens with two attached hydrogens (primary N) is 1. The number of aryl methyl sites for hydroxylation is 1. The minimum Gasteiger partial charge on any atom is -0.496 e. The number of ether oxygens (including phenoxy) is 1. The van der Waals surface area contributed by atoms with Crippen molar-refractivity contribution in [1.29, 1.82) is 0 Å². The highest BCUT2D eigenvalue weighted by Crippen LogP contribution is 2.22. The fourth-order valence-corrected chi connectivity index (χ4v) is 1.87. The van der Waals surface area contributed by atoms with Gasteiger partial charge in [-0.2, -0.15) is 0 Å². The molecule has 0 fully saturated rings. The number of nitrogens with zero attached hydrogens (tertiary/aromatic N) is 2. The van der Waals surface area contributed by atoms with Crippen LogP contribution in [0.25, 0.3) is 5.69 Å². The zero-order valence-corrected chi connectivity index (χ0v) is 10.3. The van der Waals surface area contributed by atoms with Gasteiger partial charge >= 0.3 is 0 Å². The minimum absolute atomic E-state index is 0.0418. The molecule has 2 aromatic rings. The van der Waals surface area contributed by atoms with Crippen molar-refractivity contribution < 1.29 is 4.74 Å². The summed E-state index contributed by atoms with van der Waals surface area (Å²) in [6.45, 7) is 3.97. The molecule has 0 bridgehead atoms. The van der Waals surface area contributed by atoms with Crippen LogP contribution in [-0.2, 0) is 0 Å². The molecule has 1 heterocycles. The third-order valence-electron chi connectivity index (χ3n) is 2.79. The molecule has 1 aromatic carbocycles. The van der Waals surface area contributed by atoms with Gasteiger partial charge < -0.3 is 15.0 Å². The third-order valence-corrected chi connectivity index (χ3v) is 2.79. The number of methoxy groups -OCH3 is 1. The van der Waals surface area contributed by atoms with E-state index in [-0.39, 0.29) is 6.04 Å². The van der Waals surface area contributed by atoms with E-state index >= 15 is 0 Å². The molecule has 0 aliphatic carbocycles. The Morgan fingerprint density at radius 3 is 2.76 bits per heavy atom. The van der Waals surface area contributed by atoms with Gasteiger partial charge in [0.2, 0.25) is 0 Å². The van der Waals surface area contributed by atoms with E-state index in [4.69, 9.17) is 10.5 Å². The lowest BCUT2D eigenvalue weighted by molar-refractivity contribution is 0.411. The first kappa shape index (κ1) is 11.7. The largest absolute Gasteiger partial charge is 0.496 e. The summed E-state index contributed by atoms with van der Waals surface area (Å²) in [5.74, 6) is 0.885. The molecule has 0 aliphatic heterocycles. The Balaban J connectivity index is 2.46. The maximum Gasteiger partial charge on any atom is 0.121 e. The standard InChI is InChI=1S/C13H17N3O/c1-9-6-11(4-5-13(9)17-3)16-8-15-7-12(16)10(2)14/h4-8,10H,14H2,1-3H3. The van der Waals surface area contributed by atoms with Gasteiger partial charge in [0.05, 0.1) is 25.3 Å². The summed E-state index contributed by atoms with van der Waals surface area (Å²) in [7, 11) is 1.67. The van der Waals surface area contributed by atoms with Crippen LogP contribution < -0.4 is 10.5 Å². The number of imidazole rings is 1. The molecule has 0 saturated carbocycles. The van der Waals surface area contributed by atoms with Crippen LogP contribution in [0.3, 0.4) is 0 Å². The number of benzene rings is 1. The molecule has 1 unspecified atom stereocenters. The molecule has 0 radical (unpaired) electrons. The molecule has 1 aromatic heterocycles. The number of aromatic nitrogens is 2. The molecule has 1 atom stereocenters. The highest BCUT2D eigenvalue weighted by atomic mass is 16.5. The lowest BCUT2D eigenvalue weighted by Crippen LogP contribution is -2.10. The van der Waals surface area contributed by atoms with Crippen molar-refractivity contribution in [2.45, 2.75) is 19.9 Å². The van der Waals surface area contributed by atoms with Gasteiger partial charge in [-0.15, -0.1) is 0 Å². The first-order valence-electron chi connectivity index (χ1n) is 5.56. The van der Waals surface area contributed by atoms with Crippen molar-refractivity contribution >= 4 is 0 Å². The van der Waals surface area contributed by atoms with Gasteiger partial charge in [-0.05, 0) is 37.6 Å². The molecule has 17 heavy (non-hydrogen) atoms. The second-order valence-electron chi connectivity index (χ2n) is 4.13. The fraction of sp³-hybridized carbons (Fsp3) is 0.308. The van der Waals surface area contributed by atoms with Gasteiger partial charge in [0.15, 0.2) is 0 Å². The molecule has 0 aliphatic rings. The SMILES string of the molecule is COc1ccc(-n2cncc2C(C)N)cc1C. The monoisotopic (exact) mass is 231 g/mol. The van der Waals surface area contributed by atoms with Gasteiger partial charge in [0.25, 0.3) is 0 Å². The smallest absolute Gasteiger partial charge is 0.121 e. The second-order valence-corrected chi connectivity index (χ2v) is 4.13. The Kier molecular flexibility index (Phi) is 3.15. The Hall–Kier alpha value is -1.81. The molecule has 2 N–H and O–H groups in total. The van der Waals surface area contributed by atoms with Crippen LogP contribution in [0, 0.1) is 6.92 Å². The van der Waals surface area contributed by atoms with E-state index in [0.29, 0.717) is 0 Å². The summed E-state index contributed by atoms with van der Waals surface area (Å²) in [6, 6.07) is 5.97. The van der Waals surface area contributed by atoms with Crippen molar-refractivity contribution in [3.8, 4) is 11.4 Å². The maximum atomic E-state index is 5.90. The Bertz CT molecular complexity index is 517. The van der Waals surface area contributed by atoms with Crippen LogP contribution in [0.1, 0.15) is 24.2 Å². The third kappa shape index (κ3) is 2.17. The Labute approximate surface area is 101 Å². The van der Waals surface area contributed by atoms with Gasteiger partial charge in [-0.1, -0.05) is 0 Å². The van der Waals surface area contributed by atoms with Crippen LogP contribution >= 0.6 is 0 Å². The van der Waals surface area contributed by atoms with E-state index < -0.39 is 0 Å². The molecule has 90 valence electrons. The van der Waals surface area contributed by atoms with Gasteiger partial charge in [-0.25, -0.2) is 4.98 Å². The average molecular weight is 231 g/mol. The normalized spacial score (nSPS) is 12.5. The molecular formula is C13H17N3O. The lowest BCUT2D eigenvalue weighted by Gasteiger charge is -2.12. The van der Waals surface area contributed by atoms with E-state index in [0.717, 1.165) is 22.7 Å². The van der Waals surface area contributed by atoms with Crippen molar-refractivity contribution in [3.05, 3.63) is 42.0 Å². The zero-order valence-electron chi connectivity index (χ0n) is 10.3. The average Bonchev–Trinajstić information content (AvgIpc) is 2.77. The van der Waals surface area contributed by atoms with E-state index in [2.05, 4.69) is 11.1 Å². The fourth-order valence-electron chi connectivity index (χ4n) is 1.87. The summed E-state index contributed by atoms with van der Waals surface area (Å²) in [6.07, 6.45) is 3.57. The minimum atomic E-state index is -0.0418. The van der Waals surface area contributed by atoms with Crippen LogP contribution in [0.4, 0.5) is 0 Å². The van der Waals surface area contributed by atoms with Crippen molar-refractivity contribution in [2.24, 2.45) is 5.73 Å². The number of hydrogen-bond acceptors (Lipinski definition) is 3. The maximum absolute atomic E-state index is 5.90. The van der Waals surface area contributed by atoms with Crippen LogP contribution in [0.5, 0.6) is 5.75 Å². The summed E-state index contributed by atoms with van der Waals surface area (Å²) in [5, 5.41) is 0. The Morgan fingerprint density at radius 2 is 2.18 bits per heavy atom. The van der Waals surface area contributed by atoms with E-state index in [1.54, 1.807) is 19.6 Å². The zero-order chi connectivity index (χ0) is 12.4. The topological polar surface area (TPSA) is 53.1 Å². The molecule has 0 amide bonds. The highest BCUT2D eigenvalue weighted by molar-refractivity contribution is 5.44. The van der Waals surface area contributed by atoms with Crippen molar-refractivity contribution in [3.63, 3.8) is 0 Å². The van der Waals surface area contributed by atoms with Gasteiger partial charge in [0, 0.05) is 11.7 Å². The predicted octanol–water partition coefficient (Wildman–Crippen LogP) is 2.21. The van der Waals surface area contributed by atoms with E-state index in [1.165, 1.54) is 0 Å². The molecule has 0 spiro atoms. The molecule has 0 saturated heterocycles. The Morgan fingerprint density at radius 1 is 1.41 bits per heavy atom. The van der Waals surface area contributed by atoms with E-state index in [9.17, 15) is 0 Å². The van der Waals surface area contributed by atoms with Crippen LogP contribution in [0.15, 0.2) is 30.7 Å². The van der Waals surface area contributed by atoms with Crippen LogP contribution in [0.2, 0.25) is 0 Å². The van der Waals surface area contributed by atoms with Gasteiger partial charge in [0.1, 0.15) is 5.75 Å². The number of hydrogen-bond donors (Lipinski definition) is 1. The molecule has 4 heteroatoms. The molecular weight excluding hydrogens is 214 g/mol. The first-order valence-corrected chi connectivity index (χ1v) is 5.56. The van der Waals surface area contributed by atoms with Gasteiger partial charge in [-0.3, -0.25) is 0 Å². The second kappa shape index (κ2) is 4.59. The summed E-state index contributed by atoms with van der Waals surface area (Å²) >= 11 is 0. The molecule has 4 nitrogen and oxygen atoms in total.